The molecule has 0 spiro atoms. The third-order valence-corrected chi connectivity index (χ3v) is 3.27. The van der Waals surface area contributed by atoms with Gasteiger partial charge < -0.3 is 10.1 Å². The molecule has 0 fully saturated rings. The van der Waals surface area contributed by atoms with Gasteiger partial charge in [-0.05, 0) is 40.2 Å². The molecule has 1 aromatic heterocycles. The molecule has 0 aliphatic carbocycles. The third-order valence-electron chi connectivity index (χ3n) is 2.38. The van der Waals surface area contributed by atoms with Crippen LogP contribution in [-0.4, -0.2) is 18.0 Å². The van der Waals surface area contributed by atoms with E-state index in [-0.39, 0.29) is 5.91 Å². The van der Waals surface area contributed by atoms with Gasteiger partial charge in [0, 0.05) is 27.4 Å². The zero-order chi connectivity index (χ0) is 13.8. The average Bonchev–Trinajstić information content (AvgIpc) is 2.38. The van der Waals surface area contributed by atoms with E-state index in [1.165, 1.54) is 7.11 Å². The normalized spacial score (nSPS) is 10.1. The second kappa shape index (κ2) is 6.04. The Morgan fingerprint density at radius 1 is 1.37 bits per heavy atom. The van der Waals surface area contributed by atoms with Crippen molar-refractivity contribution in [3.63, 3.8) is 0 Å². The molecule has 2 rings (SSSR count). The van der Waals surface area contributed by atoms with Gasteiger partial charge in [-0.25, -0.2) is 4.98 Å². The molecule has 1 amide bonds. The Morgan fingerprint density at radius 2 is 2.16 bits per heavy atom. The van der Waals surface area contributed by atoms with E-state index in [4.69, 9.17) is 16.3 Å². The summed E-state index contributed by atoms with van der Waals surface area (Å²) in [6.07, 6.45) is 1.56. The Labute approximate surface area is 123 Å². The highest BCUT2D eigenvalue weighted by atomic mass is 79.9. The number of amides is 1. The summed E-state index contributed by atoms with van der Waals surface area (Å²) in [5, 5.41) is 3.33. The molecule has 0 bridgehead atoms. The molecular formula is C13H10BrClN2O2. The first-order valence-corrected chi connectivity index (χ1v) is 6.53. The quantitative estimate of drug-likeness (QED) is 0.925. The Bertz CT molecular complexity index is 619. The summed E-state index contributed by atoms with van der Waals surface area (Å²) >= 11 is 9.14. The van der Waals surface area contributed by atoms with Crippen LogP contribution in [0.2, 0.25) is 5.02 Å². The Morgan fingerprint density at radius 3 is 2.84 bits per heavy atom. The van der Waals surface area contributed by atoms with Gasteiger partial charge in [0.2, 0.25) is 5.88 Å². The van der Waals surface area contributed by atoms with Crippen molar-refractivity contribution < 1.29 is 9.53 Å². The lowest BCUT2D eigenvalue weighted by Crippen LogP contribution is -2.12. The monoisotopic (exact) mass is 340 g/mol. The second-order valence-electron chi connectivity index (χ2n) is 3.67. The molecule has 4 nitrogen and oxygen atoms in total. The molecule has 19 heavy (non-hydrogen) atoms. The smallest absolute Gasteiger partial charge is 0.256 e. The number of benzene rings is 1. The van der Waals surface area contributed by atoms with E-state index in [2.05, 4.69) is 26.2 Å². The van der Waals surface area contributed by atoms with Gasteiger partial charge in [-0.2, -0.15) is 0 Å². The minimum absolute atomic E-state index is 0.239. The minimum atomic E-state index is -0.239. The summed E-state index contributed by atoms with van der Waals surface area (Å²) < 4.78 is 5.63. The molecular weight excluding hydrogens is 332 g/mol. The predicted octanol–water partition coefficient (Wildman–Crippen LogP) is 3.76. The van der Waals surface area contributed by atoms with Gasteiger partial charge in [-0.1, -0.05) is 11.6 Å². The Hall–Kier alpha value is -1.59. The average molecular weight is 342 g/mol. The van der Waals surface area contributed by atoms with Crippen molar-refractivity contribution >= 4 is 39.1 Å². The first-order valence-electron chi connectivity index (χ1n) is 5.36. The van der Waals surface area contributed by atoms with Crippen molar-refractivity contribution in [3.8, 4) is 5.88 Å². The fourth-order valence-corrected chi connectivity index (χ4v) is 2.33. The van der Waals surface area contributed by atoms with Crippen LogP contribution in [0.4, 0.5) is 5.69 Å². The number of rotatable bonds is 3. The van der Waals surface area contributed by atoms with Crippen LogP contribution in [0.3, 0.4) is 0 Å². The van der Waals surface area contributed by atoms with Crippen molar-refractivity contribution in [2.45, 2.75) is 0 Å². The van der Waals surface area contributed by atoms with Gasteiger partial charge in [-0.15, -0.1) is 0 Å². The fraction of sp³-hybridized carbons (Fsp3) is 0.0769. The van der Waals surface area contributed by atoms with E-state index in [1.54, 1.807) is 36.5 Å². The lowest BCUT2D eigenvalue weighted by atomic mass is 10.2. The van der Waals surface area contributed by atoms with Crippen molar-refractivity contribution in [1.29, 1.82) is 0 Å². The molecule has 1 N–H and O–H groups in total. The highest BCUT2D eigenvalue weighted by molar-refractivity contribution is 9.10. The van der Waals surface area contributed by atoms with Gasteiger partial charge in [0.05, 0.1) is 12.7 Å². The standard InChI is InChI=1S/C13H10BrClN2O2/c1-19-12-7-9(4-5-16-12)17-13(18)10-3-2-8(15)6-11(10)14/h2-7H,1H3,(H,16,17,18). The van der Waals surface area contributed by atoms with Crippen LogP contribution in [0.5, 0.6) is 5.88 Å². The van der Waals surface area contributed by atoms with E-state index < -0.39 is 0 Å². The van der Waals surface area contributed by atoms with Crippen molar-refractivity contribution in [3.05, 3.63) is 51.6 Å². The largest absolute Gasteiger partial charge is 0.481 e. The number of anilines is 1. The van der Waals surface area contributed by atoms with Crippen molar-refractivity contribution in [2.24, 2.45) is 0 Å². The number of nitrogens with zero attached hydrogens (tertiary/aromatic N) is 1. The number of pyridine rings is 1. The van der Waals surface area contributed by atoms with E-state index in [0.29, 0.717) is 26.6 Å². The molecule has 1 aromatic carbocycles. The second-order valence-corrected chi connectivity index (χ2v) is 4.96. The number of ether oxygens (including phenoxy) is 1. The van der Waals surface area contributed by atoms with Gasteiger partial charge in [-0.3, -0.25) is 4.79 Å². The SMILES string of the molecule is COc1cc(NC(=O)c2ccc(Cl)cc2Br)ccn1. The molecule has 0 radical (unpaired) electrons. The summed E-state index contributed by atoms with van der Waals surface area (Å²) in [5.41, 5.74) is 1.11. The van der Waals surface area contributed by atoms with Gasteiger partial charge >= 0.3 is 0 Å². The van der Waals surface area contributed by atoms with Gasteiger partial charge in [0.1, 0.15) is 0 Å². The molecule has 0 aliphatic heterocycles. The van der Waals surface area contributed by atoms with Crippen molar-refractivity contribution in [1.82, 2.24) is 4.98 Å². The van der Waals surface area contributed by atoms with Crippen LogP contribution in [0.15, 0.2) is 41.0 Å². The maximum Gasteiger partial charge on any atom is 0.256 e. The zero-order valence-electron chi connectivity index (χ0n) is 9.98. The van der Waals surface area contributed by atoms with E-state index in [1.807, 2.05) is 0 Å². The summed E-state index contributed by atoms with van der Waals surface area (Å²) in [6, 6.07) is 8.31. The van der Waals surface area contributed by atoms with Gasteiger partial charge in [0.25, 0.3) is 5.91 Å². The molecule has 0 saturated heterocycles. The number of halogens is 2. The number of methoxy groups -OCH3 is 1. The highest BCUT2D eigenvalue weighted by Crippen LogP contribution is 2.23. The first-order chi connectivity index (χ1) is 9.10. The van der Waals surface area contributed by atoms with Crippen molar-refractivity contribution in [2.75, 3.05) is 12.4 Å². The summed E-state index contributed by atoms with van der Waals surface area (Å²) in [6.45, 7) is 0. The molecule has 1 heterocycles. The summed E-state index contributed by atoms with van der Waals surface area (Å²) in [7, 11) is 1.52. The van der Waals surface area contributed by atoms with Gasteiger partial charge in [0.15, 0.2) is 0 Å². The lowest BCUT2D eigenvalue weighted by molar-refractivity contribution is 0.102. The Kier molecular flexibility index (Phi) is 4.39. The van der Waals surface area contributed by atoms with Crippen LogP contribution in [0.25, 0.3) is 0 Å². The molecule has 6 heteroatoms. The first kappa shape index (κ1) is 13.8. The van der Waals surface area contributed by atoms with Crippen LogP contribution in [-0.2, 0) is 0 Å². The van der Waals surface area contributed by atoms with E-state index >= 15 is 0 Å². The minimum Gasteiger partial charge on any atom is -0.481 e. The number of aromatic nitrogens is 1. The number of hydrogen-bond donors (Lipinski definition) is 1. The number of carbonyl (C=O) groups is 1. The molecule has 98 valence electrons. The summed E-state index contributed by atoms with van der Waals surface area (Å²) in [4.78, 5) is 16.1. The molecule has 0 unspecified atom stereocenters. The number of nitrogens with one attached hydrogen (secondary N) is 1. The molecule has 2 aromatic rings. The van der Waals surface area contributed by atoms with Crippen LogP contribution in [0, 0.1) is 0 Å². The topological polar surface area (TPSA) is 51.2 Å². The van der Waals surface area contributed by atoms with Crippen LogP contribution >= 0.6 is 27.5 Å². The molecule has 0 saturated carbocycles. The molecule has 0 atom stereocenters. The van der Waals surface area contributed by atoms with Crippen LogP contribution in [0.1, 0.15) is 10.4 Å². The summed E-state index contributed by atoms with van der Waals surface area (Å²) in [5.74, 6) is 0.199. The number of hydrogen-bond acceptors (Lipinski definition) is 3. The lowest BCUT2D eigenvalue weighted by Gasteiger charge is -2.08. The fourth-order valence-electron chi connectivity index (χ4n) is 1.47. The zero-order valence-corrected chi connectivity index (χ0v) is 12.3. The third kappa shape index (κ3) is 3.45. The predicted molar refractivity (Wildman–Crippen MR) is 77.9 cm³/mol. The van der Waals surface area contributed by atoms with E-state index in [9.17, 15) is 4.79 Å². The highest BCUT2D eigenvalue weighted by Gasteiger charge is 2.11. The van der Waals surface area contributed by atoms with Crippen LogP contribution < -0.4 is 10.1 Å². The van der Waals surface area contributed by atoms with E-state index in [0.717, 1.165) is 0 Å². The number of carbonyl (C=O) groups excluding carboxylic acids is 1. The maximum absolute atomic E-state index is 12.1. The maximum atomic E-state index is 12.1. The molecule has 0 aliphatic rings. The Balaban J connectivity index is 2.20.